The van der Waals surface area contributed by atoms with Crippen molar-refractivity contribution < 1.29 is 4.79 Å². The Morgan fingerprint density at radius 2 is 2.41 bits per heavy atom. The first-order valence-electron chi connectivity index (χ1n) is 6.15. The van der Waals surface area contributed by atoms with Crippen molar-refractivity contribution in [3.63, 3.8) is 0 Å². The first-order valence-corrected chi connectivity index (χ1v) is 7.03. The average Bonchev–Trinajstić information content (AvgIpc) is 2.61. The first kappa shape index (κ1) is 12.5. The van der Waals surface area contributed by atoms with Crippen molar-refractivity contribution in [3.05, 3.63) is 16.1 Å². The van der Waals surface area contributed by atoms with E-state index in [1.807, 2.05) is 6.92 Å². The van der Waals surface area contributed by atoms with Crippen LogP contribution in [0.15, 0.2) is 5.38 Å². The van der Waals surface area contributed by atoms with Crippen LogP contribution in [0.4, 0.5) is 0 Å². The number of carbonyl (C=O) groups is 1. The van der Waals surface area contributed by atoms with Crippen LogP contribution in [0.3, 0.4) is 0 Å². The Morgan fingerprint density at radius 1 is 1.59 bits per heavy atom. The summed E-state index contributed by atoms with van der Waals surface area (Å²) in [6, 6.07) is 0. The summed E-state index contributed by atoms with van der Waals surface area (Å²) in [6.07, 6.45) is 3.15. The fourth-order valence-electron chi connectivity index (χ4n) is 1.75. The molecule has 0 aromatic carbocycles. The van der Waals surface area contributed by atoms with Crippen LogP contribution in [-0.2, 0) is 11.2 Å². The zero-order chi connectivity index (χ0) is 12.1. The molecule has 2 N–H and O–H groups in total. The summed E-state index contributed by atoms with van der Waals surface area (Å²) in [5.74, 6) is 0.408. The van der Waals surface area contributed by atoms with E-state index >= 15 is 0 Å². The fraction of sp³-hybridized carbons (Fsp3) is 0.667. The van der Waals surface area contributed by atoms with Crippen LogP contribution in [0.5, 0.6) is 0 Å². The number of nitrogens with one attached hydrogen (secondary N) is 2. The van der Waals surface area contributed by atoms with Gasteiger partial charge in [0.2, 0.25) is 5.91 Å². The van der Waals surface area contributed by atoms with E-state index in [0.29, 0.717) is 0 Å². The number of aryl methyl sites for hydroxylation is 2. The molecule has 0 saturated carbocycles. The molecule has 2 rings (SSSR count). The van der Waals surface area contributed by atoms with Crippen molar-refractivity contribution in [3.8, 4) is 0 Å². The van der Waals surface area contributed by atoms with E-state index in [1.165, 1.54) is 5.01 Å². The molecule has 0 radical (unpaired) electrons. The molecule has 5 heteroatoms. The quantitative estimate of drug-likeness (QED) is 0.747. The van der Waals surface area contributed by atoms with E-state index in [1.54, 1.807) is 11.3 Å². The first-order chi connectivity index (χ1) is 8.25. The molecule has 1 fully saturated rings. The van der Waals surface area contributed by atoms with Gasteiger partial charge < -0.3 is 10.6 Å². The van der Waals surface area contributed by atoms with Crippen molar-refractivity contribution >= 4 is 17.2 Å². The van der Waals surface area contributed by atoms with E-state index < -0.39 is 0 Å². The van der Waals surface area contributed by atoms with Crippen LogP contribution in [0, 0.1) is 12.8 Å². The van der Waals surface area contributed by atoms with Crippen molar-refractivity contribution in [1.29, 1.82) is 0 Å². The maximum atomic E-state index is 11.5. The third kappa shape index (κ3) is 3.78. The van der Waals surface area contributed by atoms with Crippen LogP contribution < -0.4 is 10.6 Å². The average molecular weight is 253 g/mol. The van der Waals surface area contributed by atoms with E-state index in [2.05, 4.69) is 21.0 Å². The van der Waals surface area contributed by atoms with Crippen LogP contribution in [-0.4, -0.2) is 30.5 Å². The van der Waals surface area contributed by atoms with Gasteiger partial charge in [0.25, 0.3) is 0 Å². The highest BCUT2D eigenvalue weighted by molar-refractivity contribution is 7.09. The van der Waals surface area contributed by atoms with Gasteiger partial charge in [0.15, 0.2) is 0 Å². The molecule has 0 atom stereocenters. The summed E-state index contributed by atoms with van der Waals surface area (Å²) in [5, 5.41) is 9.37. The van der Waals surface area contributed by atoms with Crippen molar-refractivity contribution in [2.24, 2.45) is 5.92 Å². The predicted molar refractivity (Wildman–Crippen MR) is 69.2 cm³/mol. The molecular formula is C12H19N3OS. The highest BCUT2D eigenvalue weighted by atomic mass is 32.1. The molecule has 2 heterocycles. The zero-order valence-corrected chi connectivity index (χ0v) is 11.0. The predicted octanol–water partition coefficient (Wildman–Crippen LogP) is 1.11. The Bertz CT molecular complexity index is 374. The molecule has 0 bridgehead atoms. The number of unbranched alkanes of at least 4 members (excludes halogenated alkanes) is 1. The minimum Gasteiger partial charge on any atom is -0.356 e. The van der Waals surface area contributed by atoms with Gasteiger partial charge in [-0.25, -0.2) is 4.98 Å². The molecule has 17 heavy (non-hydrogen) atoms. The maximum Gasteiger partial charge on any atom is 0.225 e. The normalized spacial score (nSPS) is 15.6. The molecule has 0 aliphatic carbocycles. The summed E-state index contributed by atoms with van der Waals surface area (Å²) in [7, 11) is 0. The molecule has 94 valence electrons. The second kappa shape index (κ2) is 6.12. The monoisotopic (exact) mass is 253 g/mol. The fourth-order valence-corrected chi connectivity index (χ4v) is 2.57. The van der Waals surface area contributed by atoms with Crippen LogP contribution >= 0.6 is 11.3 Å². The number of rotatable bonds is 6. The Balaban J connectivity index is 1.52. The third-order valence-corrected chi connectivity index (χ3v) is 3.96. The Kier molecular flexibility index (Phi) is 4.50. The number of amides is 1. The lowest BCUT2D eigenvalue weighted by Gasteiger charge is -2.25. The Morgan fingerprint density at radius 3 is 3.00 bits per heavy atom. The molecule has 4 nitrogen and oxygen atoms in total. The van der Waals surface area contributed by atoms with Gasteiger partial charge in [0.05, 0.1) is 10.9 Å². The minimum absolute atomic E-state index is 0.203. The molecule has 0 unspecified atom stereocenters. The van der Waals surface area contributed by atoms with E-state index in [4.69, 9.17) is 0 Å². The molecule has 1 amide bonds. The van der Waals surface area contributed by atoms with Gasteiger partial charge in [0.1, 0.15) is 0 Å². The Labute approximate surface area is 106 Å². The van der Waals surface area contributed by atoms with Crippen molar-refractivity contribution in [2.75, 3.05) is 19.6 Å². The number of thiazole rings is 1. The number of nitrogens with zero attached hydrogens (tertiary/aromatic N) is 1. The summed E-state index contributed by atoms with van der Waals surface area (Å²) in [4.78, 5) is 15.9. The van der Waals surface area contributed by atoms with E-state index in [-0.39, 0.29) is 11.8 Å². The van der Waals surface area contributed by atoms with Gasteiger partial charge >= 0.3 is 0 Å². The summed E-state index contributed by atoms with van der Waals surface area (Å²) >= 11 is 1.72. The van der Waals surface area contributed by atoms with Gasteiger partial charge in [-0.2, -0.15) is 0 Å². The highest BCUT2D eigenvalue weighted by Gasteiger charge is 2.23. The van der Waals surface area contributed by atoms with Gasteiger partial charge in [-0.05, 0) is 26.2 Å². The van der Waals surface area contributed by atoms with E-state index in [0.717, 1.165) is 44.6 Å². The lowest BCUT2D eigenvalue weighted by Crippen LogP contribution is -2.50. The number of hydrogen-bond donors (Lipinski definition) is 2. The summed E-state index contributed by atoms with van der Waals surface area (Å²) < 4.78 is 0. The maximum absolute atomic E-state index is 11.5. The Hall–Kier alpha value is -0.940. The third-order valence-electron chi connectivity index (χ3n) is 2.94. The van der Waals surface area contributed by atoms with Crippen LogP contribution in [0.25, 0.3) is 0 Å². The zero-order valence-electron chi connectivity index (χ0n) is 10.2. The molecule has 1 aromatic heterocycles. The topological polar surface area (TPSA) is 54.0 Å². The minimum atomic E-state index is 0.203. The van der Waals surface area contributed by atoms with Gasteiger partial charge in [0, 0.05) is 30.7 Å². The van der Waals surface area contributed by atoms with Crippen LogP contribution in [0.2, 0.25) is 0 Å². The van der Waals surface area contributed by atoms with Gasteiger partial charge in [-0.15, -0.1) is 11.3 Å². The van der Waals surface area contributed by atoms with Crippen molar-refractivity contribution in [2.45, 2.75) is 26.2 Å². The molecule has 1 aromatic rings. The SMILES string of the molecule is Cc1csc(CCCCNC(=O)C2CNC2)n1. The molecule has 1 saturated heterocycles. The molecule has 1 aliphatic heterocycles. The second-order valence-electron chi connectivity index (χ2n) is 4.49. The van der Waals surface area contributed by atoms with Crippen LogP contribution in [0.1, 0.15) is 23.5 Å². The lowest BCUT2D eigenvalue weighted by molar-refractivity contribution is -0.126. The van der Waals surface area contributed by atoms with E-state index in [9.17, 15) is 4.79 Å². The summed E-state index contributed by atoms with van der Waals surface area (Å²) in [6.45, 7) is 4.49. The smallest absolute Gasteiger partial charge is 0.225 e. The lowest BCUT2D eigenvalue weighted by atomic mass is 10.0. The van der Waals surface area contributed by atoms with Gasteiger partial charge in [-0.1, -0.05) is 0 Å². The summed E-state index contributed by atoms with van der Waals surface area (Å²) in [5.41, 5.74) is 1.11. The number of hydrogen-bond acceptors (Lipinski definition) is 4. The second-order valence-corrected chi connectivity index (χ2v) is 5.43. The number of carbonyl (C=O) groups excluding carboxylic acids is 1. The molecule has 1 aliphatic rings. The largest absolute Gasteiger partial charge is 0.356 e. The highest BCUT2D eigenvalue weighted by Crippen LogP contribution is 2.11. The molecule has 0 spiro atoms. The van der Waals surface area contributed by atoms with Gasteiger partial charge in [-0.3, -0.25) is 4.79 Å². The number of aromatic nitrogens is 1. The molecular weight excluding hydrogens is 234 g/mol. The standard InChI is InChI=1S/C12H19N3OS/c1-9-8-17-11(15-9)4-2-3-5-14-12(16)10-6-13-7-10/h8,10,13H,2-7H2,1H3,(H,14,16). The van der Waals surface area contributed by atoms with Crippen molar-refractivity contribution in [1.82, 2.24) is 15.6 Å².